The molecule has 0 aliphatic carbocycles. The van der Waals surface area contributed by atoms with Crippen LogP contribution in [0.25, 0.3) is 0 Å². The zero-order valence-corrected chi connectivity index (χ0v) is 9.87. The van der Waals surface area contributed by atoms with E-state index in [-0.39, 0.29) is 11.7 Å². The highest BCUT2D eigenvalue weighted by atomic mass is 16.6. The molecule has 0 aromatic carbocycles. The highest BCUT2D eigenvalue weighted by molar-refractivity contribution is 5.69. The van der Waals surface area contributed by atoms with E-state index in [1.54, 1.807) is 12.0 Å². The molecule has 1 fully saturated rings. The summed E-state index contributed by atoms with van der Waals surface area (Å²) in [7, 11) is 1.61. The number of ether oxygens (including phenoxy) is 2. The molecule has 0 atom stereocenters. The van der Waals surface area contributed by atoms with Gasteiger partial charge < -0.3 is 20.1 Å². The van der Waals surface area contributed by atoms with E-state index in [0.29, 0.717) is 19.6 Å². The SMILES string of the molecule is COC1(CN)CN(C(=O)OC(C)(C)C)C1. The van der Waals surface area contributed by atoms with Crippen molar-refractivity contribution < 1.29 is 14.3 Å². The fourth-order valence-electron chi connectivity index (χ4n) is 1.45. The molecule has 0 aromatic heterocycles. The van der Waals surface area contributed by atoms with Crippen molar-refractivity contribution in [3.05, 3.63) is 0 Å². The molecule has 1 rings (SSSR count). The first-order chi connectivity index (χ1) is 6.82. The van der Waals surface area contributed by atoms with Gasteiger partial charge in [0.2, 0.25) is 0 Å². The summed E-state index contributed by atoms with van der Waals surface area (Å²) in [6.07, 6.45) is -0.302. The molecule has 1 heterocycles. The van der Waals surface area contributed by atoms with Gasteiger partial charge in [-0.15, -0.1) is 0 Å². The third-order valence-electron chi connectivity index (χ3n) is 2.41. The first-order valence-corrected chi connectivity index (χ1v) is 5.05. The number of nitrogens with two attached hydrogens (primary N) is 1. The molecule has 0 aromatic rings. The Morgan fingerprint density at radius 1 is 1.47 bits per heavy atom. The Balaban J connectivity index is 2.42. The molecule has 5 nitrogen and oxygen atoms in total. The van der Waals surface area contributed by atoms with Crippen molar-refractivity contribution in [2.24, 2.45) is 5.73 Å². The monoisotopic (exact) mass is 216 g/mol. The van der Waals surface area contributed by atoms with Crippen LogP contribution in [0, 0.1) is 0 Å². The van der Waals surface area contributed by atoms with Gasteiger partial charge in [-0.25, -0.2) is 4.79 Å². The maximum Gasteiger partial charge on any atom is 0.410 e. The third-order valence-corrected chi connectivity index (χ3v) is 2.41. The van der Waals surface area contributed by atoms with Crippen molar-refractivity contribution in [1.82, 2.24) is 4.90 Å². The van der Waals surface area contributed by atoms with Crippen molar-refractivity contribution in [2.45, 2.75) is 32.0 Å². The number of rotatable bonds is 2. The number of likely N-dealkylation sites (tertiary alicyclic amines) is 1. The van der Waals surface area contributed by atoms with E-state index in [9.17, 15) is 4.79 Å². The van der Waals surface area contributed by atoms with Crippen LogP contribution in [0.4, 0.5) is 4.79 Å². The van der Waals surface area contributed by atoms with E-state index in [1.807, 2.05) is 20.8 Å². The van der Waals surface area contributed by atoms with E-state index in [0.717, 1.165) is 0 Å². The average molecular weight is 216 g/mol. The van der Waals surface area contributed by atoms with Crippen LogP contribution in [-0.4, -0.2) is 48.9 Å². The smallest absolute Gasteiger partial charge is 0.410 e. The molecule has 0 bridgehead atoms. The van der Waals surface area contributed by atoms with Gasteiger partial charge in [-0.2, -0.15) is 0 Å². The lowest BCUT2D eigenvalue weighted by Crippen LogP contribution is -2.68. The topological polar surface area (TPSA) is 64.8 Å². The normalized spacial score (nSPS) is 19.7. The number of hydrogen-bond acceptors (Lipinski definition) is 4. The molecular formula is C10H20N2O3. The molecule has 1 aliphatic heterocycles. The Kier molecular flexibility index (Phi) is 3.25. The average Bonchev–Trinajstić information content (AvgIpc) is 2.00. The van der Waals surface area contributed by atoms with Gasteiger partial charge >= 0.3 is 6.09 Å². The maximum absolute atomic E-state index is 11.6. The van der Waals surface area contributed by atoms with Gasteiger partial charge in [-0.05, 0) is 20.8 Å². The van der Waals surface area contributed by atoms with Gasteiger partial charge in [-0.1, -0.05) is 0 Å². The summed E-state index contributed by atoms with van der Waals surface area (Å²) < 4.78 is 10.5. The third kappa shape index (κ3) is 2.82. The first-order valence-electron chi connectivity index (χ1n) is 5.05. The lowest BCUT2D eigenvalue weighted by Gasteiger charge is -2.48. The Morgan fingerprint density at radius 2 is 2.00 bits per heavy atom. The largest absolute Gasteiger partial charge is 0.444 e. The van der Waals surface area contributed by atoms with Crippen molar-refractivity contribution in [1.29, 1.82) is 0 Å². The molecule has 0 saturated carbocycles. The molecule has 2 N–H and O–H groups in total. The number of methoxy groups -OCH3 is 1. The molecule has 1 aliphatic rings. The number of nitrogens with zero attached hydrogens (tertiary/aromatic N) is 1. The van der Waals surface area contributed by atoms with Gasteiger partial charge in [0, 0.05) is 13.7 Å². The highest BCUT2D eigenvalue weighted by Crippen LogP contribution is 2.25. The number of hydrogen-bond donors (Lipinski definition) is 1. The molecule has 0 radical (unpaired) electrons. The summed E-state index contributed by atoms with van der Waals surface area (Å²) in [6, 6.07) is 0. The van der Waals surface area contributed by atoms with Crippen LogP contribution in [0.2, 0.25) is 0 Å². The highest BCUT2D eigenvalue weighted by Gasteiger charge is 2.45. The van der Waals surface area contributed by atoms with Crippen molar-refractivity contribution >= 4 is 6.09 Å². The van der Waals surface area contributed by atoms with E-state index < -0.39 is 5.60 Å². The first kappa shape index (κ1) is 12.3. The lowest BCUT2D eigenvalue weighted by molar-refractivity contribution is -0.114. The summed E-state index contributed by atoms with van der Waals surface area (Å²) in [5.74, 6) is 0. The number of carbonyl (C=O) groups excluding carboxylic acids is 1. The standard InChI is InChI=1S/C10H20N2O3/c1-9(2,3)15-8(13)12-6-10(5-11,7-12)14-4/h5-7,11H2,1-4H3. The van der Waals surface area contributed by atoms with Gasteiger partial charge in [0.25, 0.3) is 0 Å². The summed E-state index contributed by atoms with van der Waals surface area (Å²) in [5, 5.41) is 0. The minimum atomic E-state index is -0.453. The summed E-state index contributed by atoms with van der Waals surface area (Å²) in [6.45, 7) is 6.97. The van der Waals surface area contributed by atoms with Gasteiger partial charge in [0.1, 0.15) is 11.2 Å². The Morgan fingerprint density at radius 3 is 2.33 bits per heavy atom. The quantitative estimate of drug-likeness (QED) is 0.733. The van der Waals surface area contributed by atoms with Crippen LogP contribution < -0.4 is 5.73 Å². The molecule has 0 unspecified atom stereocenters. The molecule has 1 saturated heterocycles. The Labute approximate surface area is 90.5 Å². The summed E-state index contributed by atoms with van der Waals surface area (Å²) in [4.78, 5) is 13.2. The van der Waals surface area contributed by atoms with Crippen molar-refractivity contribution in [2.75, 3.05) is 26.7 Å². The second kappa shape index (κ2) is 3.98. The Hall–Kier alpha value is -0.810. The van der Waals surface area contributed by atoms with Crippen LogP contribution in [0.5, 0.6) is 0 Å². The van der Waals surface area contributed by atoms with Gasteiger partial charge in [0.15, 0.2) is 0 Å². The van der Waals surface area contributed by atoms with Crippen LogP contribution >= 0.6 is 0 Å². The minimum absolute atomic E-state index is 0.302. The Bertz CT molecular complexity index is 236. The lowest BCUT2D eigenvalue weighted by atomic mass is 9.95. The van der Waals surface area contributed by atoms with E-state index >= 15 is 0 Å². The maximum atomic E-state index is 11.6. The predicted molar refractivity (Wildman–Crippen MR) is 56.6 cm³/mol. The molecular weight excluding hydrogens is 196 g/mol. The second-order valence-electron chi connectivity index (χ2n) is 4.93. The molecule has 5 heteroatoms. The molecule has 88 valence electrons. The second-order valence-corrected chi connectivity index (χ2v) is 4.93. The zero-order chi connectivity index (χ0) is 11.7. The minimum Gasteiger partial charge on any atom is -0.444 e. The molecule has 1 amide bonds. The molecule has 0 spiro atoms. The van der Waals surface area contributed by atoms with E-state index in [2.05, 4.69) is 0 Å². The van der Waals surface area contributed by atoms with Crippen LogP contribution in [0.1, 0.15) is 20.8 Å². The van der Waals surface area contributed by atoms with Crippen LogP contribution in [0.15, 0.2) is 0 Å². The predicted octanol–water partition coefficient (Wildman–Crippen LogP) is 0.581. The van der Waals surface area contributed by atoms with E-state index in [1.165, 1.54) is 0 Å². The van der Waals surface area contributed by atoms with Crippen LogP contribution in [0.3, 0.4) is 0 Å². The molecule has 15 heavy (non-hydrogen) atoms. The summed E-state index contributed by atoms with van der Waals surface area (Å²) in [5.41, 5.74) is 4.75. The van der Waals surface area contributed by atoms with E-state index in [4.69, 9.17) is 15.2 Å². The fourth-order valence-corrected chi connectivity index (χ4v) is 1.45. The zero-order valence-electron chi connectivity index (χ0n) is 9.87. The van der Waals surface area contributed by atoms with Crippen molar-refractivity contribution in [3.8, 4) is 0 Å². The fraction of sp³-hybridized carbons (Fsp3) is 0.900. The number of carbonyl (C=O) groups is 1. The summed E-state index contributed by atoms with van der Waals surface area (Å²) >= 11 is 0. The van der Waals surface area contributed by atoms with Gasteiger partial charge in [0.05, 0.1) is 13.1 Å². The van der Waals surface area contributed by atoms with Crippen LogP contribution in [-0.2, 0) is 9.47 Å². The van der Waals surface area contributed by atoms with Gasteiger partial charge in [-0.3, -0.25) is 0 Å². The number of amides is 1. The van der Waals surface area contributed by atoms with Crippen molar-refractivity contribution in [3.63, 3.8) is 0 Å².